The Morgan fingerprint density at radius 1 is 1.10 bits per heavy atom. The van der Waals surface area contributed by atoms with Crippen molar-refractivity contribution in [2.24, 2.45) is 0 Å². The van der Waals surface area contributed by atoms with Crippen molar-refractivity contribution in [3.05, 3.63) is 64.7 Å². The minimum atomic E-state index is 0.0532. The molecule has 2 aromatic rings. The summed E-state index contributed by atoms with van der Waals surface area (Å²) in [6.07, 6.45) is 0. The maximum atomic E-state index is 12.1. The van der Waals surface area contributed by atoms with E-state index >= 15 is 0 Å². The summed E-state index contributed by atoms with van der Waals surface area (Å²) in [4.78, 5) is 12.1. The number of carbonyl (C=O) groups excluding carboxylic acids is 1. The topological polar surface area (TPSA) is 52.9 Å². The van der Waals surface area contributed by atoms with Crippen LogP contribution in [0.5, 0.6) is 0 Å². The van der Waals surface area contributed by atoms with Gasteiger partial charge >= 0.3 is 0 Å². The number of benzene rings is 2. The molecule has 2 rings (SSSR count). The largest absolute Gasteiger partial charge is 0.378 e. The molecular formula is C17H16N2O. The third kappa shape index (κ3) is 3.24. The second-order valence-corrected chi connectivity index (χ2v) is 4.76. The molecule has 0 saturated carbocycles. The third-order valence-electron chi connectivity index (χ3n) is 3.30. The SMILES string of the molecule is Cc1ccc(C(=O)CNc2ccc(C#N)cc2)cc1C. The molecular weight excluding hydrogens is 248 g/mol. The van der Waals surface area contributed by atoms with E-state index in [0.29, 0.717) is 11.1 Å². The molecule has 0 amide bonds. The highest BCUT2D eigenvalue weighted by Crippen LogP contribution is 2.12. The fourth-order valence-electron chi connectivity index (χ4n) is 1.86. The fraction of sp³-hybridized carbons (Fsp3) is 0.176. The van der Waals surface area contributed by atoms with Crippen LogP contribution in [0.3, 0.4) is 0 Å². The zero-order valence-corrected chi connectivity index (χ0v) is 11.6. The van der Waals surface area contributed by atoms with Crippen molar-refractivity contribution in [2.45, 2.75) is 13.8 Å². The third-order valence-corrected chi connectivity index (χ3v) is 3.30. The average Bonchev–Trinajstić information content (AvgIpc) is 2.48. The van der Waals surface area contributed by atoms with Crippen LogP contribution < -0.4 is 5.32 Å². The first-order valence-corrected chi connectivity index (χ1v) is 6.44. The first kappa shape index (κ1) is 13.8. The van der Waals surface area contributed by atoms with E-state index in [-0.39, 0.29) is 12.3 Å². The number of ketones is 1. The van der Waals surface area contributed by atoms with Gasteiger partial charge < -0.3 is 5.32 Å². The fourth-order valence-corrected chi connectivity index (χ4v) is 1.86. The number of aryl methyl sites for hydroxylation is 2. The van der Waals surface area contributed by atoms with E-state index in [1.54, 1.807) is 24.3 Å². The molecule has 0 bridgehead atoms. The maximum absolute atomic E-state index is 12.1. The molecule has 2 aromatic carbocycles. The van der Waals surface area contributed by atoms with Crippen molar-refractivity contribution >= 4 is 11.5 Å². The van der Waals surface area contributed by atoms with Gasteiger partial charge in [-0.2, -0.15) is 5.26 Å². The van der Waals surface area contributed by atoms with Crippen LogP contribution in [-0.2, 0) is 0 Å². The normalized spacial score (nSPS) is 9.85. The lowest BCUT2D eigenvalue weighted by atomic mass is 10.0. The predicted octanol–water partition coefficient (Wildman–Crippen LogP) is 3.47. The number of nitrogens with one attached hydrogen (secondary N) is 1. The average molecular weight is 264 g/mol. The molecule has 1 N–H and O–H groups in total. The van der Waals surface area contributed by atoms with Gasteiger partial charge in [0.1, 0.15) is 0 Å². The van der Waals surface area contributed by atoms with Crippen LogP contribution in [-0.4, -0.2) is 12.3 Å². The van der Waals surface area contributed by atoms with Crippen LogP contribution in [0.4, 0.5) is 5.69 Å². The number of hydrogen-bond donors (Lipinski definition) is 1. The molecule has 0 fully saturated rings. The molecule has 3 nitrogen and oxygen atoms in total. The highest BCUT2D eigenvalue weighted by molar-refractivity contribution is 5.99. The maximum Gasteiger partial charge on any atom is 0.181 e. The van der Waals surface area contributed by atoms with Crippen molar-refractivity contribution in [1.29, 1.82) is 5.26 Å². The number of nitrogens with zero attached hydrogens (tertiary/aromatic N) is 1. The number of anilines is 1. The molecule has 20 heavy (non-hydrogen) atoms. The van der Waals surface area contributed by atoms with Crippen molar-refractivity contribution < 1.29 is 4.79 Å². The van der Waals surface area contributed by atoms with Gasteiger partial charge in [0.2, 0.25) is 0 Å². The molecule has 0 radical (unpaired) electrons. The van der Waals surface area contributed by atoms with E-state index in [1.165, 1.54) is 5.56 Å². The van der Waals surface area contributed by atoms with Gasteiger partial charge in [-0.15, -0.1) is 0 Å². The van der Waals surface area contributed by atoms with Crippen molar-refractivity contribution in [3.8, 4) is 6.07 Å². The highest BCUT2D eigenvalue weighted by atomic mass is 16.1. The quantitative estimate of drug-likeness (QED) is 0.860. The summed E-state index contributed by atoms with van der Waals surface area (Å²) in [5.41, 5.74) is 4.46. The lowest BCUT2D eigenvalue weighted by Gasteiger charge is -2.07. The van der Waals surface area contributed by atoms with Crippen LogP contribution >= 0.6 is 0 Å². The smallest absolute Gasteiger partial charge is 0.181 e. The Morgan fingerprint density at radius 3 is 2.40 bits per heavy atom. The first-order valence-electron chi connectivity index (χ1n) is 6.44. The van der Waals surface area contributed by atoms with E-state index in [2.05, 4.69) is 11.4 Å². The number of rotatable bonds is 4. The molecule has 0 saturated heterocycles. The number of Topliss-reactive ketones (excluding diaryl/α,β-unsaturated/α-hetero) is 1. The van der Waals surface area contributed by atoms with E-state index in [0.717, 1.165) is 11.3 Å². The van der Waals surface area contributed by atoms with E-state index in [4.69, 9.17) is 5.26 Å². The predicted molar refractivity (Wildman–Crippen MR) is 79.9 cm³/mol. The number of hydrogen-bond acceptors (Lipinski definition) is 3. The molecule has 0 spiro atoms. The van der Waals surface area contributed by atoms with Gasteiger partial charge in [0.15, 0.2) is 5.78 Å². The van der Waals surface area contributed by atoms with E-state index in [9.17, 15) is 4.79 Å². The number of carbonyl (C=O) groups is 1. The Hall–Kier alpha value is -2.60. The summed E-state index contributed by atoms with van der Waals surface area (Å²) in [6.45, 7) is 4.27. The molecule has 0 atom stereocenters. The van der Waals surface area contributed by atoms with Gasteiger partial charge in [0, 0.05) is 11.3 Å². The van der Waals surface area contributed by atoms with Gasteiger partial charge in [0.05, 0.1) is 18.2 Å². The Bertz CT molecular complexity index is 666. The van der Waals surface area contributed by atoms with Crippen LogP contribution in [0.15, 0.2) is 42.5 Å². The summed E-state index contributed by atoms with van der Waals surface area (Å²) in [6, 6.07) is 14.8. The number of nitriles is 1. The minimum Gasteiger partial charge on any atom is -0.378 e. The van der Waals surface area contributed by atoms with Crippen LogP contribution in [0.25, 0.3) is 0 Å². The molecule has 0 aliphatic carbocycles. The van der Waals surface area contributed by atoms with Crippen molar-refractivity contribution in [1.82, 2.24) is 0 Å². The molecule has 0 aromatic heterocycles. The molecule has 3 heteroatoms. The van der Waals surface area contributed by atoms with Crippen LogP contribution in [0.1, 0.15) is 27.0 Å². The monoisotopic (exact) mass is 264 g/mol. The van der Waals surface area contributed by atoms with Crippen molar-refractivity contribution in [2.75, 3.05) is 11.9 Å². The summed E-state index contributed by atoms with van der Waals surface area (Å²) in [5, 5.41) is 11.8. The zero-order valence-electron chi connectivity index (χ0n) is 11.6. The molecule has 0 aliphatic rings. The zero-order chi connectivity index (χ0) is 14.5. The minimum absolute atomic E-state index is 0.0532. The summed E-state index contributed by atoms with van der Waals surface area (Å²) in [5.74, 6) is 0.0532. The lowest BCUT2D eigenvalue weighted by molar-refractivity contribution is 0.101. The standard InChI is InChI=1S/C17H16N2O/c1-12-3-6-15(9-13(12)2)17(20)11-19-16-7-4-14(10-18)5-8-16/h3-9,19H,11H2,1-2H3. The van der Waals surface area contributed by atoms with Gasteiger partial charge in [-0.25, -0.2) is 0 Å². The van der Waals surface area contributed by atoms with Crippen LogP contribution in [0.2, 0.25) is 0 Å². The Kier molecular flexibility index (Phi) is 4.17. The first-order chi connectivity index (χ1) is 9.60. The Labute approximate surface area is 118 Å². The second-order valence-electron chi connectivity index (χ2n) is 4.76. The Balaban J connectivity index is 2.01. The van der Waals surface area contributed by atoms with Gasteiger partial charge in [-0.05, 0) is 55.3 Å². The van der Waals surface area contributed by atoms with Gasteiger partial charge in [0.25, 0.3) is 0 Å². The molecule has 0 heterocycles. The highest BCUT2D eigenvalue weighted by Gasteiger charge is 2.06. The second kappa shape index (κ2) is 6.03. The van der Waals surface area contributed by atoms with E-state index < -0.39 is 0 Å². The van der Waals surface area contributed by atoms with Gasteiger partial charge in [-0.3, -0.25) is 4.79 Å². The summed E-state index contributed by atoms with van der Waals surface area (Å²) >= 11 is 0. The summed E-state index contributed by atoms with van der Waals surface area (Å²) in [7, 11) is 0. The molecule has 100 valence electrons. The van der Waals surface area contributed by atoms with Gasteiger partial charge in [-0.1, -0.05) is 12.1 Å². The molecule has 0 aliphatic heterocycles. The molecule has 0 unspecified atom stereocenters. The van der Waals surface area contributed by atoms with E-state index in [1.807, 2.05) is 32.0 Å². The van der Waals surface area contributed by atoms with Crippen LogP contribution in [0, 0.1) is 25.2 Å². The Morgan fingerprint density at radius 2 is 1.80 bits per heavy atom. The summed E-state index contributed by atoms with van der Waals surface area (Å²) < 4.78 is 0. The van der Waals surface area contributed by atoms with Crippen molar-refractivity contribution in [3.63, 3.8) is 0 Å². The lowest BCUT2D eigenvalue weighted by Crippen LogP contribution is -2.14.